The van der Waals surface area contributed by atoms with Crippen molar-refractivity contribution in [2.75, 3.05) is 19.7 Å². The Kier molecular flexibility index (Phi) is 26.0. The van der Waals surface area contributed by atoms with Gasteiger partial charge in [-0.1, -0.05) is 44.2 Å². The topological polar surface area (TPSA) is 421 Å². The number of hydrogen-bond donors (Lipinski definition) is 14. The van der Waals surface area contributed by atoms with E-state index in [-0.39, 0.29) is 69.9 Å². The number of aliphatic hydroxyl groups excluding tert-OH is 1. The largest absolute Gasteiger partial charge is 0.480 e. The fourth-order valence-corrected chi connectivity index (χ4v) is 6.11. The molecule has 1 rings (SSSR count). The molecule has 0 fully saturated rings. The lowest BCUT2D eigenvalue weighted by Gasteiger charge is -2.27. The van der Waals surface area contributed by atoms with Gasteiger partial charge in [0.05, 0.1) is 12.6 Å². The first-order valence-corrected chi connectivity index (χ1v) is 21.4. The molecule has 24 heteroatoms. The molecule has 0 heterocycles. The van der Waals surface area contributed by atoms with Crippen LogP contribution in [0.3, 0.4) is 0 Å². The Balaban J connectivity index is 3.35. The van der Waals surface area contributed by atoms with E-state index in [1.165, 1.54) is 13.8 Å². The summed E-state index contributed by atoms with van der Waals surface area (Å²) in [7, 11) is 0. The molecule has 0 spiro atoms. The summed E-state index contributed by atoms with van der Waals surface area (Å²) in [6.07, 6.45) is 0.419. The molecule has 0 aliphatic heterocycles. The third kappa shape index (κ3) is 22.7. The molecule has 8 amide bonds. The molecule has 364 valence electrons. The number of rotatable bonds is 31. The summed E-state index contributed by atoms with van der Waals surface area (Å²) in [6, 6.07) is -1.80. The number of aliphatic hydroxyl groups is 1. The summed E-state index contributed by atoms with van der Waals surface area (Å²) in [5.74, 6) is -8.42. The zero-order valence-electron chi connectivity index (χ0n) is 37.5. The standard InChI is InChI=1S/C41H69N13O11/c1-22(2)19-29(38(62)50-26(13-8-9-17-42)37(61)54-31(21-55)40(64)65)53-36(60)27(14-10-18-47-41(45)46)49-34(58)24(4)48-35(59)28(15-16-32(44)56)51-39(63)30(52-33(57)23(3)43)20-25-11-6-5-7-12-25/h5-7,11-12,22-24,26-31,55H,8-10,13-21,42-43H2,1-4H3,(H2,44,56)(H,48,59)(H,49,58)(H,50,62)(H,51,63)(H,52,57)(H,53,60)(H,54,61)(H,64,65)(H4,45,46,47)/t23-,24-,26-,27-,28-,29-,30-,31-/m0/s1. The molecule has 1 aromatic rings. The molecule has 19 N–H and O–H groups in total. The molecular weight excluding hydrogens is 851 g/mol. The van der Waals surface area contributed by atoms with Crippen LogP contribution in [0.25, 0.3) is 0 Å². The van der Waals surface area contributed by atoms with Gasteiger partial charge in [0, 0.05) is 19.4 Å². The number of carbonyl (C=O) groups excluding carboxylic acids is 8. The van der Waals surface area contributed by atoms with E-state index in [2.05, 4.69) is 42.2 Å². The minimum Gasteiger partial charge on any atom is -0.480 e. The zero-order valence-corrected chi connectivity index (χ0v) is 37.5. The van der Waals surface area contributed by atoms with Crippen molar-refractivity contribution < 1.29 is 53.4 Å². The predicted molar refractivity (Wildman–Crippen MR) is 238 cm³/mol. The third-order valence-corrected chi connectivity index (χ3v) is 9.69. The van der Waals surface area contributed by atoms with Crippen molar-refractivity contribution in [2.45, 2.75) is 134 Å². The van der Waals surface area contributed by atoms with Crippen LogP contribution in [-0.4, -0.2) is 137 Å². The first kappa shape index (κ1) is 56.6. The first-order valence-electron chi connectivity index (χ1n) is 21.4. The van der Waals surface area contributed by atoms with Crippen molar-refractivity contribution in [1.29, 1.82) is 0 Å². The number of nitrogens with one attached hydrogen (secondary N) is 7. The van der Waals surface area contributed by atoms with E-state index in [9.17, 15) is 53.4 Å². The van der Waals surface area contributed by atoms with Crippen molar-refractivity contribution in [2.24, 2.45) is 39.6 Å². The Labute approximate surface area is 378 Å². The van der Waals surface area contributed by atoms with E-state index >= 15 is 0 Å². The van der Waals surface area contributed by atoms with Crippen molar-refractivity contribution in [3.63, 3.8) is 0 Å². The molecule has 0 aliphatic carbocycles. The number of nitrogens with two attached hydrogens (primary N) is 5. The van der Waals surface area contributed by atoms with E-state index < -0.39 is 108 Å². The number of hydrogen-bond acceptors (Lipinski definition) is 13. The van der Waals surface area contributed by atoms with Gasteiger partial charge < -0.3 is 76.1 Å². The van der Waals surface area contributed by atoms with E-state index in [1.54, 1.807) is 44.2 Å². The second-order valence-electron chi connectivity index (χ2n) is 16.0. The smallest absolute Gasteiger partial charge is 0.328 e. The minimum atomic E-state index is -1.64. The van der Waals surface area contributed by atoms with Gasteiger partial charge in [-0.3, -0.25) is 43.3 Å². The summed E-state index contributed by atoms with van der Waals surface area (Å²) >= 11 is 0. The van der Waals surface area contributed by atoms with E-state index in [1.807, 2.05) is 0 Å². The summed E-state index contributed by atoms with van der Waals surface area (Å²) in [5, 5.41) is 36.3. The average Bonchev–Trinajstić information content (AvgIpc) is 3.23. The quantitative estimate of drug-likeness (QED) is 0.0190. The van der Waals surface area contributed by atoms with Crippen molar-refractivity contribution >= 4 is 59.2 Å². The number of benzene rings is 1. The van der Waals surface area contributed by atoms with Gasteiger partial charge in [-0.25, -0.2) is 4.79 Å². The lowest BCUT2D eigenvalue weighted by Crippen LogP contribution is -2.60. The van der Waals surface area contributed by atoms with Crippen LogP contribution in [-0.2, 0) is 49.6 Å². The number of guanidine groups is 1. The number of unbranched alkanes of at least 4 members (excludes halogenated alkanes) is 1. The predicted octanol–water partition coefficient (Wildman–Crippen LogP) is -4.44. The second kappa shape index (κ2) is 29.9. The van der Waals surface area contributed by atoms with Crippen molar-refractivity contribution in [3.05, 3.63) is 35.9 Å². The fraction of sp³-hybridized carbons (Fsp3) is 0.610. The number of nitrogens with zero attached hydrogens (tertiary/aromatic N) is 1. The van der Waals surface area contributed by atoms with Gasteiger partial charge in [0.1, 0.15) is 42.3 Å². The first-order chi connectivity index (χ1) is 30.6. The highest BCUT2D eigenvalue weighted by Gasteiger charge is 2.33. The number of aliphatic imine (C=N–C) groups is 1. The fourth-order valence-electron chi connectivity index (χ4n) is 6.11. The maximum Gasteiger partial charge on any atom is 0.328 e. The van der Waals surface area contributed by atoms with Crippen molar-refractivity contribution in [1.82, 2.24) is 37.2 Å². The normalized spacial score (nSPS) is 14.6. The molecule has 0 saturated heterocycles. The molecule has 65 heavy (non-hydrogen) atoms. The van der Waals surface area contributed by atoms with E-state index in [0.29, 0.717) is 18.4 Å². The summed E-state index contributed by atoms with van der Waals surface area (Å²) in [5.41, 5.74) is 28.2. The van der Waals surface area contributed by atoms with Crippen LogP contribution >= 0.6 is 0 Å². The summed E-state index contributed by atoms with van der Waals surface area (Å²) in [6.45, 7) is 5.68. The Bertz CT molecular complexity index is 1780. The van der Waals surface area contributed by atoms with Crippen molar-refractivity contribution in [3.8, 4) is 0 Å². The van der Waals surface area contributed by atoms with Gasteiger partial charge in [0.15, 0.2) is 5.96 Å². The monoisotopic (exact) mass is 920 g/mol. The zero-order chi connectivity index (χ0) is 49.2. The van der Waals surface area contributed by atoms with Gasteiger partial charge in [0.25, 0.3) is 0 Å². The van der Waals surface area contributed by atoms with Gasteiger partial charge in [-0.15, -0.1) is 0 Å². The second-order valence-corrected chi connectivity index (χ2v) is 16.0. The summed E-state index contributed by atoms with van der Waals surface area (Å²) in [4.78, 5) is 121. The molecule has 1 aromatic carbocycles. The third-order valence-electron chi connectivity index (χ3n) is 9.69. The number of carboxylic acid groups (broad SMARTS) is 1. The van der Waals surface area contributed by atoms with Crippen LogP contribution in [0.15, 0.2) is 35.3 Å². The average molecular weight is 920 g/mol. The number of carbonyl (C=O) groups is 9. The van der Waals surface area contributed by atoms with Gasteiger partial charge in [-0.05, 0) is 76.8 Å². The molecule has 0 aliphatic rings. The van der Waals surface area contributed by atoms with Gasteiger partial charge in [0.2, 0.25) is 47.3 Å². The molecule has 0 unspecified atom stereocenters. The number of amides is 8. The van der Waals surface area contributed by atoms with Crippen LogP contribution < -0.4 is 65.9 Å². The number of carboxylic acids is 1. The molecule has 24 nitrogen and oxygen atoms in total. The minimum absolute atomic E-state index is 0.0168. The summed E-state index contributed by atoms with van der Waals surface area (Å²) < 4.78 is 0. The van der Waals surface area contributed by atoms with E-state index in [0.717, 1.165) is 0 Å². The Morgan fingerprint density at radius 3 is 1.58 bits per heavy atom. The maximum atomic E-state index is 13.9. The van der Waals surface area contributed by atoms with Crippen LogP contribution in [0.4, 0.5) is 0 Å². The van der Waals surface area contributed by atoms with Gasteiger partial charge >= 0.3 is 5.97 Å². The lowest BCUT2D eigenvalue weighted by molar-refractivity contribution is -0.143. The maximum absolute atomic E-state index is 13.9. The highest BCUT2D eigenvalue weighted by Crippen LogP contribution is 2.11. The van der Waals surface area contributed by atoms with Crippen LogP contribution in [0.5, 0.6) is 0 Å². The highest BCUT2D eigenvalue weighted by atomic mass is 16.4. The highest BCUT2D eigenvalue weighted by molar-refractivity contribution is 5.97. The Hall–Kier alpha value is -6.40. The van der Waals surface area contributed by atoms with Crippen LogP contribution in [0.1, 0.15) is 84.6 Å². The molecular formula is C41H69N13O11. The molecule has 0 aromatic heterocycles. The van der Waals surface area contributed by atoms with Gasteiger partial charge in [-0.2, -0.15) is 0 Å². The van der Waals surface area contributed by atoms with E-state index in [4.69, 9.17) is 28.7 Å². The molecule has 8 atom stereocenters. The number of primary amides is 1. The van der Waals surface area contributed by atoms with Crippen LogP contribution in [0.2, 0.25) is 0 Å². The van der Waals surface area contributed by atoms with Crippen LogP contribution in [0, 0.1) is 5.92 Å². The Morgan fingerprint density at radius 2 is 1.08 bits per heavy atom. The SMILES string of the molecule is CC(C)C[C@H](NC(=O)[C@H](CCCN=C(N)N)NC(=O)[C@H](C)NC(=O)[C@H](CCC(N)=O)NC(=O)[C@H](Cc1ccccc1)NC(=O)[C@H](C)N)C(=O)N[C@@H](CCCCN)C(=O)N[C@@H](CO)C(=O)O. The lowest BCUT2D eigenvalue weighted by atomic mass is 10.0. The molecule has 0 saturated carbocycles. The number of aliphatic carboxylic acids is 1. The molecule has 0 bridgehead atoms. The Morgan fingerprint density at radius 1 is 0.600 bits per heavy atom. The molecule has 0 radical (unpaired) electrons.